The normalized spacial score (nSPS) is 12.5. The zero-order chi connectivity index (χ0) is 46.5. The van der Waals surface area contributed by atoms with Gasteiger partial charge >= 0.3 is 17.9 Å². The van der Waals surface area contributed by atoms with E-state index in [1.165, 1.54) is 141 Å². The van der Waals surface area contributed by atoms with Crippen LogP contribution in [0, 0.1) is 0 Å². The summed E-state index contributed by atoms with van der Waals surface area (Å²) in [6.45, 7) is 6.48. The van der Waals surface area contributed by atoms with Crippen molar-refractivity contribution in [2.24, 2.45) is 0 Å². The first-order valence-corrected chi connectivity index (χ1v) is 27.3. The first-order valence-electron chi connectivity index (χ1n) is 27.3. The van der Waals surface area contributed by atoms with E-state index in [-0.39, 0.29) is 31.1 Å². The fourth-order valence-corrected chi connectivity index (χ4v) is 7.66. The number of hydrogen-bond acceptors (Lipinski definition) is 6. The van der Waals surface area contributed by atoms with Crippen LogP contribution in [-0.4, -0.2) is 37.2 Å². The second-order valence-electron chi connectivity index (χ2n) is 18.1. The van der Waals surface area contributed by atoms with Crippen molar-refractivity contribution in [2.75, 3.05) is 13.2 Å². The Morgan fingerprint density at radius 3 is 0.969 bits per heavy atom. The first-order chi connectivity index (χ1) is 31.5. The van der Waals surface area contributed by atoms with E-state index < -0.39 is 6.10 Å². The largest absolute Gasteiger partial charge is 0.462 e. The van der Waals surface area contributed by atoms with Crippen LogP contribution in [0.15, 0.2) is 60.8 Å². The van der Waals surface area contributed by atoms with Gasteiger partial charge in [-0.05, 0) is 83.5 Å². The van der Waals surface area contributed by atoms with Gasteiger partial charge in [-0.1, -0.05) is 229 Å². The molecule has 64 heavy (non-hydrogen) atoms. The van der Waals surface area contributed by atoms with Gasteiger partial charge in [0, 0.05) is 19.3 Å². The van der Waals surface area contributed by atoms with Gasteiger partial charge in [-0.25, -0.2) is 0 Å². The molecule has 0 aromatic rings. The zero-order valence-electron chi connectivity index (χ0n) is 42.3. The van der Waals surface area contributed by atoms with E-state index in [2.05, 4.69) is 81.5 Å². The summed E-state index contributed by atoms with van der Waals surface area (Å²) < 4.78 is 16.7. The lowest BCUT2D eigenvalue weighted by Crippen LogP contribution is -2.30. The van der Waals surface area contributed by atoms with Crippen LogP contribution in [0.2, 0.25) is 0 Å². The summed E-state index contributed by atoms with van der Waals surface area (Å²) in [6, 6.07) is 0. The van der Waals surface area contributed by atoms with E-state index >= 15 is 0 Å². The fraction of sp³-hybridized carbons (Fsp3) is 0.776. The van der Waals surface area contributed by atoms with Crippen molar-refractivity contribution in [3.63, 3.8) is 0 Å². The highest BCUT2D eigenvalue weighted by Crippen LogP contribution is 2.15. The molecule has 6 nitrogen and oxygen atoms in total. The molecule has 0 saturated heterocycles. The Morgan fingerprint density at radius 2 is 0.609 bits per heavy atom. The number of allylic oxidation sites excluding steroid dienone is 10. The summed E-state index contributed by atoms with van der Waals surface area (Å²) >= 11 is 0. The molecule has 0 aliphatic carbocycles. The van der Waals surface area contributed by atoms with Crippen LogP contribution < -0.4 is 0 Å². The molecule has 370 valence electrons. The molecule has 0 fully saturated rings. The van der Waals surface area contributed by atoms with Gasteiger partial charge in [0.2, 0.25) is 0 Å². The lowest BCUT2D eigenvalue weighted by molar-refractivity contribution is -0.167. The highest BCUT2D eigenvalue weighted by Gasteiger charge is 2.19. The van der Waals surface area contributed by atoms with E-state index in [0.29, 0.717) is 19.3 Å². The second kappa shape index (κ2) is 52.7. The molecule has 0 aliphatic heterocycles. The van der Waals surface area contributed by atoms with Gasteiger partial charge in [-0.15, -0.1) is 0 Å². The van der Waals surface area contributed by atoms with E-state index in [4.69, 9.17) is 14.2 Å². The third-order valence-electron chi connectivity index (χ3n) is 11.8. The average molecular weight is 895 g/mol. The van der Waals surface area contributed by atoms with Crippen molar-refractivity contribution >= 4 is 17.9 Å². The quantitative estimate of drug-likeness (QED) is 0.0262. The molecule has 0 aromatic carbocycles. The van der Waals surface area contributed by atoms with Gasteiger partial charge < -0.3 is 14.2 Å². The van der Waals surface area contributed by atoms with Gasteiger partial charge in [-0.2, -0.15) is 0 Å². The van der Waals surface area contributed by atoms with Crippen LogP contribution in [0.25, 0.3) is 0 Å². The molecule has 0 bridgehead atoms. The van der Waals surface area contributed by atoms with Crippen LogP contribution in [0.5, 0.6) is 0 Å². The summed E-state index contributed by atoms with van der Waals surface area (Å²) in [7, 11) is 0. The number of carbonyl (C=O) groups excluding carboxylic acids is 3. The number of carbonyl (C=O) groups is 3. The smallest absolute Gasteiger partial charge is 0.306 e. The summed E-state index contributed by atoms with van der Waals surface area (Å²) in [5, 5.41) is 0. The molecule has 1 atom stereocenters. The maximum Gasteiger partial charge on any atom is 0.306 e. The molecular formula is C58H102O6. The Hall–Kier alpha value is -2.89. The van der Waals surface area contributed by atoms with Crippen molar-refractivity contribution < 1.29 is 28.6 Å². The molecule has 0 aliphatic rings. The fourth-order valence-electron chi connectivity index (χ4n) is 7.66. The number of ether oxygens (including phenoxy) is 3. The molecule has 0 saturated carbocycles. The first kappa shape index (κ1) is 61.1. The molecule has 0 heterocycles. The van der Waals surface area contributed by atoms with E-state index in [1.54, 1.807) is 0 Å². The predicted molar refractivity (Wildman–Crippen MR) is 275 cm³/mol. The van der Waals surface area contributed by atoms with Crippen LogP contribution in [0.3, 0.4) is 0 Å². The van der Waals surface area contributed by atoms with E-state index in [1.807, 2.05) is 0 Å². The lowest BCUT2D eigenvalue weighted by atomic mass is 10.0. The van der Waals surface area contributed by atoms with Gasteiger partial charge in [0.15, 0.2) is 6.10 Å². The van der Waals surface area contributed by atoms with Crippen LogP contribution in [0.4, 0.5) is 0 Å². The number of hydrogen-bond donors (Lipinski definition) is 0. The van der Waals surface area contributed by atoms with Gasteiger partial charge in [0.05, 0.1) is 0 Å². The Labute approximate surface area is 396 Å². The van der Waals surface area contributed by atoms with Crippen LogP contribution >= 0.6 is 0 Å². The topological polar surface area (TPSA) is 78.9 Å². The third kappa shape index (κ3) is 50.1. The monoisotopic (exact) mass is 895 g/mol. The Balaban J connectivity index is 4.15. The van der Waals surface area contributed by atoms with Gasteiger partial charge in [0.1, 0.15) is 13.2 Å². The Morgan fingerprint density at radius 1 is 0.328 bits per heavy atom. The number of unbranched alkanes of at least 4 members (excludes halogenated alkanes) is 28. The minimum atomic E-state index is -0.774. The molecule has 0 rings (SSSR count). The highest BCUT2D eigenvalue weighted by atomic mass is 16.6. The Bertz CT molecular complexity index is 1170. The maximum atomic E-state index is 12.8. The summed E-state index contributed by atoms with van der Waals surface area (Å²) in [4.78, 5) is 37.8. The maximum absolute atomic E-state index is 12.8. The van der Waals surface area contributed by atoms with Crippen LogP contribution in [0.1, 0.15) is 271 Å². The number of esters is 3. The molecule has 0 spiro atoms. The molecule has 0 radical (unpaired) electrons. The minimum Gasteiger partial charge on any atom is -0.462 e. The van der Waals surface area contributed by atoms with Crippen molar-refractivity contribution in [1.82, 2.24) is 0 Å². The average Bonchev–Trinajstić information content (AvgIpc) is 3.29. The standard InChI is InChI=1S/C58H102O6/c1-4-7-10-13-16-18-20-22-24-25-26-27-28-29-30-31-32-33-34-36-37-39-42-45-48-51-57(60)63-54-55(53-62-56(59)50-47-44-41-15-12-9-6-3)64-58(61)52-49-46-43-40-38-35-23-21-19-17-14-11-8-5-2/h7,10,16,18,21-24,26-27,55H,4-6,8-9,11-15,17,19-20,25,28-54H2,1-3H3/b10-7-,18-16-,23-21-,24-22-,27-26-. The molecule has 0 aromatic heterocycles. The summed E-state index contributed by atoms with van der Waals surface area (Å²) in [6.07, 6.45) is 65.2. The van der Waals surface area contributed by atoms with Gasteiger partial charge in [0.25, 0.3) is 0 Å². The summed E-state index contributed by atoms with van der Waals surface area (Å²) in [5.41, 5.74) is 0. The van der Waals surface area contributed by atoms with Crippen molar-refractivity contribution in [1.29, 1.82) is 0 Å². The van der Waals surface area contributed by atoms with Crippen molar-refractivity contribution in [2.45, 2.75) is 277 Å². The molecular weight excluding hydrogens is 793 g/mol. The van der Waals surface area contributed by atoms with Gasteiger partial charge in [-0.3, -0.25) is 14.4 Å². The Kier molecular flexibility index (Phi) is 50.4. The van der Waals surface area contributed by atoms with Crippen molar-refractivity contribution in [3.8, 4) is 0 Å². The molecule has 0 amide bonds. The number of rotatable bonds is 49. The molecule has 1 unspecified atom stereocenters. The van der Waals surface area contributed by atoms with E-state index in [0.717, 1.165) is 89.9 Å². The zero-order valence-corrected chi connectivity index (χ0v) is 42.3. The summed E-state index contributed by atoms with van der Waals surface area (Å²) in [5.74, 6) is -0.887. The molecule has 6 heteroatoms. The van der Waals surface area contributed by atoms with Crippen molar-refractivity contribution in [3.05, 3.63) is 60.8 Å². The predicted octanol–water partition coefficient (Wildman–Crippen LogP) is 18.0. The SMILES string of the molecule is CC/C=C\C/C=C\C/C=C\C/C=C\CCCCCCCCCCCCCCC(=O)OCC(COC(=O)CCCCCCCCC)OC(=O)CCCCCCC/C=C\CCCCCCC. The highest BCUT2D eigenvalue weighted by molar-refractivity contribution is 5.71. The third-order valence-corrected chi connectivity index (χ3v) is 11.8. The molecule has 0 N–H and O–H groups in total. The second-order valence-corrected chi connectivity index (χ2v) is 18.1. The van der Waals surface area contributed by atoms with Crippen LogP contribution in [-0.2, 0) is 28.6 Å². The van der Waals surface area contributed by atoms with E-state index in [9.17, 15) is 14.4 Å². The minimum absolute atomic E-state index is 0.0761. The lowest BCUT2D eigenvalue weighted by Gasteiger charge is -2.18.